The van der Waals surface area contributed by atoms with E-state index in [-0.39, 0.29) is 18.0 Å². The molecule has 2 nitrogen and oxygen atoms in total. The van der Waals surface area contributed by atoms with Crippen LogP contribution >= 0.6 is 11.6 Å². The summed E-state index contributed by atoms with van der Waals surface area (Å²) in [4.78, 5) is 0. The van der Waals surface area contributed by atoms with Crippen LogP contribution in [0.5, 0.6) is 5.75 Å². The van der Waals surface area contributed by atoms with E-state index in [1.54, 1.807) is 24.3 Å². The molecule has 2 N–H and O–H groups in total. The zero-order valence-corrected chi connectivity index (χ0v) is 11.0. The summed E-state index contributed by atoms with van der Waals surface area (Å²) in [6.45, 7) is 0.201. The van der Waals surface area contributed by atoms with Gasteiger partial charge in [0.05, 0.1) is 11.3 Å². The molecule has 0 unspecified atom stereocenters. The van der Waals surface area contributed by atoms with E-state index in [0.717, 1.165) is 17.7 Å². The van der Waals surface area contributed by atoms with Crippen LogP contribution in [-0.2, 0) is 12.8 Å². The number of nitrogens with two attached hydrogens (primary N) is 1. The lowest BCUT2D eigenvalue weighted by Crippen LogP contribution is -2.06. The summed E-state index contributed by atoms with van der Waals surface area (Å²) in [6, 6.07) is 9.96. The summed E-state index contributed by atoms with van der Waals surface area (Å²) in [6.07, 6.45) is -4.41. The van der Waals surface area contributed by atoms with Gasteiger partial charge in [-0.05, 0) is 35.9 Å². The Morgan fingerprint density at radius 3 is 2.25 bits per heavy atom. The molecule has 0 fully saturated rings. The second kappa shape index (κ2) is 5.63. The molecule has 0 radical (unpaired) electrons. The third-order valence-electron chi connectivity index (χ3n) is 2.64. The van der Waals surface area contributed by atoms with E-state index in [1.807, 2.05) is 0 Å². The van der Waals surface area contributed by atoms with Gasteiger partial charge < -0.3 is 10.5 Å². The van der Waals surface area contributed by atoms with Gasteiger partial charge in [-0.3, -0.25) is 0 Å². The fourth-order valence-electron chi connectivity index (χ4n) is 1.60. The van der Waals surface area contributed by atoms with E-state index in [9.17, 15) is 13.2 Å². The fraction of sp³-hybridized carbons (Fsp3) is 0.143. The minimum absolute atomic E-state index is 0.0474. The van der Waals surface area contributed by atoms with Crippen molar-refractivity contribution in [3.05, 3.63) is 58.6 Å². The molecule has 0 bridgehead atoms. The highest BCUT2D eigenvalue weighted by molar-refractivity contribution is 6.30. The first-order valence-electron chi connectivity index (χ1n) is 5.70. The number of alkyl halides is 3. The van der Waals surface area contributed by atoms with E-state index in [2.05, 4.69) is 0 Å². The highest BCUT2D eigenvalue weighted by atomic mass is 35.5. The number of benzene rings is 2. The number of halogens is 4. The van der Waals surface area contributed by atoms with Gasteiger partial charge in [0.15, 0.2) is 0 Å². The fourth-order valence-corrected chi connectivity index (χ4v) is 1.72. The summed E-state index contributed by atoms with van der Waals surface area (Å²) >= 11 is 5.75. The molecule has 20 heavy (non-hydrogen) atoms. The van der Waals surface area contributed by atoms with Crippen LogP contribution in [-0.4, -0.2) is 0 Å². The quantitative estimate of drug-likeness (QED) is 0.846. The maximum Gasteiger partial charge on any atom is 0.416 e. The molecule has 0 atom stereocenters. The number of anilines is 1. The number of ether oxygens (including phenoxy) is 1. The maximum absolute atomic E-state index is 12.5. The second-order valence-corrected chi connectivity index (χ2v) is 4.60. The van der Waals surface area contributed by atoms with E-state index in [1.165, 1.54) is 6.07 Å². The average Bonchev–Trinajstić information content (AvgIpc) is 2.38. The summed E-state index contributed by atoms with van der Waals surface area (Å²) in [5, 5.41) is 0.600. The highest BCUT2D eigenvalue weighted by Crippen LogP contribution is 2.33. The molecule has 2 rings (SSSR count). The predicted octanol–water partition coefficient (Wildman–Crippen LogP) is 4.52. The molecule has 0 saturated heterocycles. The Balaban J connectivity index is 2.08. The summed E-state index contributed by atoms with van der Waals surface area (Å²) in [5.74, 6) is 0.216. The Bertz CT molecular complexity index is 596. The van der Waals surface area contributed by atoms with Crippen molar-refractivity contribution in [1.29, 1.82) is 0 Å². The molecule has 2 aromatic carbocycles. The molecule has 106 valence electrons. The number of rotatable bonds is 3. The smallest absolute Gasteiger partial charge is 0.416 e. The summed E-state index contributed by atoms with van der Waals surface area (Å²) < 4.78 is 42.8. The van der Waals surface area contributed by atoms with Crippen LogP contribution in [0.1, 0.15) is 11.1 Å². The summed E-state index contributed by atoms with van der Waals surface area (Å²) in [5.41, 5.74) is 5.56. The SMILES string of the molecule is Nc1cc(C(F)(F)F)ccc1OCc1ccc(Cl)cc1. The first kappa shape index (κ1) is 14.5. The van der Waals surface area contributed by atoms with Gasteiger partial charge in [-0.1, -0.05) is 23.7 Å². The molecule has 0 saturated carbocycles. The standard InChI is InChI=1S/C14H11ClF3NO/c15-11-4-1-9(2-5-11)8-20-13-6-3-10(7-12(13)19)14(16,17)18/h1-7H,8,19H2. The van der Waals surface area contributed by atoms with Crippen LogP contribution in [0, 0.1) is 0 Å². The van der Waals surface area contributed by atoms with Crippen molar-refractivity contribution >= 4 is 17.3 Å². The molecule has 0 heterocycles. The van der Waals surface area contributed by atoms with Crippen LogP contribution < -0.4 is 10.5 Å². The lowest BCUT2D eigenvalue weighted by molar-refractivity contribution is -0.137. The van der Waals surface area contributed by atoms with Gasteiger partial charge in [-0.2, -0.15) is 13.2 Å². The van der Waals surface area contributed by atoms with Crippen molar-refractivity contribution < 1.29 is 17.9 Å². The Morgan fingerprint density at radius 1 is 1.05 bits per heavy atom. The molecule has 0 amide bonds. The normalized spacial score (nSPS) is 11.4. The largest absolute Gasteiger partial charge is 0.487 e. The first-order valence-corrected chi connectivity index (χ1v) is 6.08. The topological polar surface area (TPSA) is 35.2 Å². The molecule has 0 aliphatic heterocycles. The van der Waals surface area contributed by atoms with Crippen LogP contribution in [0.2, 0.25) is 5.02 Å². The molecule has 6 heteroatoms. The van der Waals surface area contributed by atoms with Gasteiger partial charge in [-0.15, -0.1) is 0 Å². The molecule has 2 aromatic rings. The van der Waals surface area contributed by atoms with Crippen molar-refractivity contribution in [2.75, 3.05) is 5.73 Å². The molecule has 0 aromatic heterocycles. The Kier molecular flexibility index (Phi) is 4.09. The van der Waals surface area contributed by atoms with E-state index < -0.39 is 11.7 Å². The van der Waals surface area contributed by atoms with E-state index >= 15 is 0 Å². The van der Waals surface area contributed by atoms with Crippen molar-refractivity contribution in [3.8, 4) is 5.75 Å². The minimum atomic E-state index is -4.41. The predicted molar refractivity (Wildman–Crippen MR) is 71.6 cm³/mol. The van der Waals surface area contributed by atoms with Crippen LogP contribution in [0.15, 0.2) is 42.5 Å². The minimum Gasteiger partial charge on any atom is -0.487 e. The second-order valence-electron chi connectivity index (χ2n) is 4.17. The van der Waals surface area contributed by atoms with Gasteiger partial charge in [0.2, 0.25) is 0 Å². The van der Waals surface area contributed by atoms with Crippen molar-refractivity contribution in [2.24, 2.45) is 0 Å². The van der Waals surface area contributed by atoms with Crippen LogP contribution in [0.4, 0.5) is 18.9 Å². The van der Waals surface area contributed by atoms with Crippen LogP contribution in [0.25, 0.3) is 0 Å². The Hall–Kier alpha value is -1.88. The van der Waals surface area contributed by atoms with Gasteiger partial charge in [0.1, 0.15) is 12.4 Å². The molecular weight excluding hydrogens is 291 g/mol. The van der Waals surface area contributed by atoms with Gasteiger partial charge in [0, 0.05) is 5.02 Å². The first-order chi connectivity index (χ1) is 9.36. The van der Waals surface area contributed by atoms with E-state index in [4.69, 9.17) is 22.1 Å². The van der Waals surface area contributed by atoms with Crippen molar-refractivity contribution in [3.63, 3.8) is 0 Å². The van der Waals surface area contributed by atoms with E-state index in [0.29, 0.717) is 5.02 Å². The van der Waals surface area contributed by atoms with Crippen molar-refractivity contribution in [2.45, 2.75) is 12.8 Å². The van der Waals surface area contributed by atoms with Crippen molar-refractivity contribution in [1.82, 2.24) is 0 Å². The number of nitrogen functional groups attached to an aromatic ring is 1. The summed E-state index contributed by atoms with van der Waals surface area (Å²) in [7, 11) is 0. The molecular formula is C14H11ClF3NO. The lowest BCUT2D eigenvalue weighted by atomic mass is 10.2. The Labute approximate surface area is 118 Å². The lowest BCUT2D eigenvalue weighted by Gasteiger charge is -2.12. The number of hydrogen-bond acceptors (Lipinski definition) is 2. The van der Waals surface area contributed by atoms with Gasteiger partial charge in [-0.25, -0.2) is 0 Å². The van der Waals surface area contributed by atoms with Gasteiger partial charge in [0.25, 0.3) is 0 Å². The highest BCUT2D eigenvalue weighted by Gasteiger charge is 2.30. The monoisotopic (exact) mass is 301 g/mol. The molecule has 0 spiro atoms. The molecule has 0 aliphatic rings. The zero-order valence-electron chi connectivity index (χ0n) is 10.2. The zero-order chi connectivity index (χ0) is 14.8. The number of hydrogen-bond donors (Lipinski definition) is 1. The maximum atomic E-state index is 12.5. The average molecular weight is 302 g/mol. The molecule has 0 aliphatic carbocycles. The third kappa shape index (κ3) is 3.57. The van der Waals surface area contributed by atoms with Gasteiger partial charge >= 0.3 is 6.18 Å². The third-order valence-corrected chi connectivity index (χ3v) is 2.90. The Morgan fingerprint density at radius 2 is 1.70 bits per heavy atom. The van der Waals surface area contributed by atoms with Crippen LogP contribution in [0.3, 0.4) is 0 Å².